The molecule has 4 aromatic rings. The summed E-state index contributed by atoms with van der Waals surface area (Å²) in [5.41, 5.74) is 5.27. The number of fused-ring (bicyclic) bond motifs is 1. The summed E-state index contributed by atoms with van der Waals surface area (Å²) in [6.45, 7) is 3.13. The van der Waals surface area contributed by atoms with Gasteiger partial charge in [0, 0.05) is 16.5 Å². The molecule has 6 heteroatoms. The predicted molar refractivity (Wildman–Crippen MR) is 141 cm³/mol. The number of benzene rings is 3. The van der Waals surface area contributed by atoms with Crippen LogP contribution in [0.4, 0.5) is 5.69 Å². The summed E-state index contributed by atoms with van der Waals surface area (Å²) in [6, 6.07) is 23.3. The van der Waals surface area contributed by atoms with Gasteiger partial charge in [-0.1, -0.05) is 48.5 Å². The van der Waals surface area contributed by atoms with Crippen LogP contribution in [0, 0.1) is 0 Å². The number of nitrogens with zero attached hydrogens (tertiary/aromatic N) is 2. The maximum absolute atomic E-state index is 12.2. The average molecular weight is 470 g/mol. The minimum absolute atomic E-state index is 0.00363. The van der Waals surface area contributed by atoms with E-state index in [0.29, 0.717) is 29.0 Å². The first-order valence-electron chi connectivity index (χ1n) is 11.9. The summed E-state index contributed by atoms with van der Waals surface area (Å²) < 4.78 is 5.11. The molecular weight excluding hydrogens is 438 g/mol. The van der Waals surface area contributed by atoms with Crippen molar-refractivity contribution in [3.05, 3.63) is 95.1 Å². The largest absolute Gasteiger partial charge is 0.494 e. The van der Waals surface area contributed by atoms with Gasteiger partial charge < -0.3 is 19.7 Å². The van der Waals surface area contributed by atoms with Gasteiger partial charge in [-0.25, -0.2) is 9.79 Å². The third-order valence-electron chi connectivity index (χ3n) is 5.82. The summed E-state index contributed by atoms with van der Waals surface area (Å²) in [7, 11) is 4.17. The number of hydrogen-bond acceptors (Lipinski definition) is 5. The second-order valence-electron chi connectivity index (χ2n) is 8.73. The van der Waals surface area contributed by atoms with E-state index in [1.54, 1.807) is 19.1 Å². The molecule has 2 N–H and O–H groups in total. The highest BCUT2D eigenvalue weighted by molar-refractivity contribution is 6.22. The third kappa shape index (κ3) is 5.78. The number of rotatable bonds is 9. The summed E-state index contributed by atoms with van der Waals surface area (Å²) in [5.74, 6) is -0.392. The number of hydrogen-bond donors (Lipinski definition) is 2. The van der Waals surface area contributed by atoms with Gasteiger partial charge in [-0.3, -0.25) is 0 Å². The first-order valence-corrected chi connectivity index (χ1v) is 11.9. The molecule has 0 radical (unpaired) electrons. The minimum Gasteiger partial charge on any atom is -0.494 e. The van der Waals surface area contributed by atoms with Crippen LogP contribution in [0.3, 0.4) is 0 Å². The molecule has 6 nitrogen and oxygen atoms in total. The van der Waals surface area contributed by atoms with Crippen LogP contribution in [-0.4, -0.2) is 53.9 Å². The fourth-order valence-corrected chi connectivity index (χ4v) is 4.09. The Kier molecular flexibility index (Phi) is 7.63. The Morgan fingerprint density at radius 3 is 2.43 bits per heavy atom. The number of aryl methyl sites for hydroxylation is 1. The van der Waals surface area contributed by atoms with Gasteiger partial charge in [-0.05, 0) is 70.2 Å². The molecule has 0 aliphatic heterocycles. The van der Waals surface area contributed by atoms with Crippen molar-refractivity contribution in [2.75, 3.05) is 27.2 Å². The number of aromatic hydroxyl groups is 1. The molecular formula is C29H31N3O3. The molecule has 0 fully saturated rings. The van der Waals surface area contributed by atoms with Gasteiger partial charge in [0.15, 0.2) is 5.88 Å². The number of aliphatic imine (C=N–C) groups is 1. The molecule has 3 aromatic carbocycles. The molecule has 1 heterocycles. The zero-order chi connectivity index (χ0) is 24.8. The number of esters is 1. The summed E-state index contributed by atoms with van der Waals surface area (Å²) >= 11 is 0. The van der Waals surface area contributed by atoms with Gasteiger partial charge in [0.05, 0.1) is 29.1 Å². The number of carbonyl (C=O) groups excluding carboxylic acids is 1. The zero-order valence-electron chi connectivity index (χ0n) is 20.4. The van der Waals surface area contributed by atoms with Gasteiger partial charge in [0.25, 0.3) is 0 Å². The van der Waals surface area contributed by atoms with Gasteiger partial charge in [0.2, 0.25) is 0 Å². The standard InChI is InChI=1S/C29H31N3O3/c1-4-35-29(34)22-14-17-24-25(19-22)31-28(33)26(24)27(21-10-6-5-7-11-21)30-23-15-12-20(13-16-23)9-8-18-32(2)3/h5-7,10-17,19,31,33H,4,8-9,18H2,1-3H3. The summed E-state index contributed by atoms with van der Waals surface area (Å²) in [5, 5.41) is 11.7. The van der Waals surface area contributed by atoms with Gasteiger partial charge in [-0.15, -0.1) is 0 Å². The smallest absolute Gasteiger partial charge is 0.338 e. The molecule has 1 aromatic heterocycles. The average Bonchev–Trinajstić information content (AvgIpc) is 3.18. The molecule has 0 spiro atoms. The molecule has 0 unspecified atom stereocenters. The van der Waals surface area contributed by atoms with Gasteiger partial charge in [0.1, 0.15) is 0 Å². The van der Waals surface area contributed by atoms with Crippen LogP contribution in [0.25, 0.3) is 10.9 Å². The first kappa shape index (κ1) is 24.2. The number of H-pyrrole nitrogens is 1. The number of aromatic amines is 1. The zero-order valence-corrected chi connectivity index (χ0v) is 20.4. The Balaban J connectivity index is 1.73. The number of nitrogens with one attached hydrogen (secondary N) is 1. The number of aromatic nitrogens is 1. The van der Waals surface area contributed by atoms with Gasteiger partial charge >= 0.3 is 5.97 Å². The van der Waals surface area contributed by atoms with Crippen molar-refractivity contribution < 1.29 is 14.6 Å². The molecule has 180 valence electrons. The molecule has 4 rings (SSSR count). The molecule has 0 aliphatic rings. The molecule has 0 amide bonds. The summed E-state index contributed by atoms with van der Waals surface area (Å²) in [6.07, 6.45) is 2.11. The second kappa shape index (κ2) is 11.0. The third-order valence-corrected chi connectivity index (χ3v) is 5.82. The Morgan fingerprint density at radius 1 is 1.00 bits per heavy atom. The molecule has 0 aliphatic carbocycles. The first-order chi connectivity index (χ1) is 17.0. The van der Waals surface area contributed by atoms with Crippen LogP contribution in [0.15, 0.2) is 77.8 Å². The highest BCUT2D eigenvalue weighted by Crippen LogP contribution is 2.32. The fourth-order valence-electron chi connectivity index (χ4n) is 4.09. The fraction of sp³-hybridized carbons (Fsp3) is 0.241. The topological polar surface area (TPSA) is 77.9 Å². The summed E-state index contributed by atoms with van der Waals surface area (Å²) in [4.78, 5) is 22.3. The Labute approximate surface area is 205 Å². The maximum Gasteiger partial charge on any atom is 0.338 e. The van der Waals surface area contributed by atoms with E-state index >= 15 is 0 Å². The lowest BCUT2D eigenvalue weighted by molar-refractivity contribution is 0.0526. The van der Waals surface area contributed by atoms with Crippen LogP contribution in [-0.2, 0) is 11.2 Å². The number of carbonyl (C=O) groups is 1. The van der Waals surface area contributed by atoms with Crippen molar-refractivity contribution in [1.82, 2.24) is 9.88 Å². The van der Waals surface area contributed by atoms with Crippen molar-refractivity contribution in [3.63, 3.8) is 0 Å². The molecule has 0 saturated heterocycles. The van der Waals surface area contributed by atoms with Crippen molar-refractivity contribution in [2.45, 2.75) is 19.8 Å². The molecule has 0 saturated carbocycles. The van der Waals surface area contributed by atoms with Crippen molar-refractivity contribution >= 4 is 28.3 Å². The minimum atomic E-state index is -0.396. The lowest BCUT2D eigenvalue weighted by atomic mass is 10.00. The highest BCUT2D eigenvalue weighted by atomic mass is 16.5. The monoisotopic (exact) mass is 469 g/mol. The van der Waals surface area contributed by atoms with E-state index in [9.17, 15) is 9.90 Å². The second-order valence-corrected chi connectivity index (χ2v) is 8.73. The lowest BCUT2D eigenvalue weighted by Crippen LogP contribution is -2.13. The Bertz CT molecular complexity index is 1320. The van der Waals surface area contributed by atoms with Crippen molar-refractivity contribution in [1.29, 1.82) is 0 Å². The quantitative estimate of drug-likeness (QED) is 0.243. The molecule has 0 atom stereocenters. The van der Waals surface area contributed by atoms with Crippen LogP contribution >= 0.6 is 0 Å². The lowest BCUT2D eigenvalue weighted by Gasteiger charge is -2.10. The van der Waals surface area contributed by atoms with Crippen LogP contribution in [0.1, 0.15) is 40.4 Å². The van der Waals surface area contributed by atoms with Crippen molar-refractivity contribution in [2.24, 2.45) is 4.99 Å². The maximum atomic E-state index is 12.2. The molecule has 0 bridgehead atoms. The number of ether oxygens (including phenoxy) is 1. The SMILES string of the molecule is CCOC(=O)c1ccc2c(C(=Nc3ccc(CCCN(C)C)cc3)c3ccccc3)c(O)[nH]c2c1. The van der Waals surface area contributed by atoms with Gasteiger partial charge in [-0.2, -0.15) is 0 Å². The van der Waals surface area contributed by atoms with E-state index in [1.165, 1.54) is 5.56 Å². The van der Waals surface area contributed by atoms with Crippen molar-refractivity contribution in [3.8, 4) is 5.88 Å². The Hall–Kier alpha value is -3.90. The van der Waals surface area contributed by atoms with E-state index in [2.05, 4.69) is 36.1 Å². The van der Waals surface area contributed by atoms with E-state index in [0.717, 1.165) is 36.0 Å². The van der Waals surface area contributed by atoms with E-state index in [1.807, 2.05) is 48.5 Å². The normalized spacial score (nSPS) is 11.8. The van der Waals surface area contributed by atoms with Crippen LogP contribution in [0.5, 0.6) is 5.88 Å². The van der Waals surface area contributed by atoms with E-state index < -0.39 is 5.97 Å². The molecule has 35 heavy (non-hydrogen) atoms. The predicted octanol–water partition coefficient (Wildman–Crippen LogP) is 5.71. The van der Waals surface area contributed by atoms with E-state index in [4.69, 9.17) is 9.73 Å². The van der Waals surface area contributed by atoms with Crippen LogP contribution in [0.2, 0.25) is 0 Å². The Morgan fingerprint density at radius 2 is 1.74 bits per heavy atom. The van der Waals surface area contributed by atoms with Crippen LogP contribution < -0.4 is 0 Å². The van der Waals surface area contributed by atoms with E-state index in [-0.39, 0.29) is 5.88 Å². The highest BCUT2D eigenvalue weighted by Gasteiger charge is 2.20.